The molecule has 0 saturated carbocycles. The molecule has 0 aliphatic rings. The summed E-state index contributed by atoms with van der Waals surface area (Å²) in [6.45, 7) is 5.79. The van der Waals surface area contributed by atoms with Gasteiger partial charge in [0, 0.05) is 13.6 Å². The summed E-state index contributed by atoms with van der Waals surface area (Å²) in [7, 11) is -0.374. The first kappa shape index (κ1) is 21.8. The number of amides is 1. The topological polar surface area (TPSA) is 66.9 Å². The van der Waals surface area contributed by atoms with Crippen molar-refractivity contribution >= 4 is 21.6 Å². The molecule has 0 radical (unpaired) electrons. The minimum Gasteiger partial charge on any atom is -0.497 e. The van der Waals surface area contributed by atoms with Gasteiger partial charge in [-0.25, -0.2) is 8.42 Å². The summed E-state index contributed by atoms with van der Waals surface area (Å²) in [6, 6.07) is 12.1. The van der Waals surface area contributed by atoms with E-state index in [0.717, 1.165) is 28.7 Å². The van der Waals surface area contributed by atoms with Gasteiger partial charge in [0.2, 0.25) is 15.9 Å². The van der Waals surface area contributed by atoms with Gasteiger partial charge >= 0.3 is 0 Å². The molecule has 2 aromatic rings. The van der Waals surface area contributed by atoms with Gasteiger partial charge in [-0.2, -0.15) is 0 Å². The van der Waals surface area contributed by atoms with E-state index in [2.05, 4.69) is 0 Å². The van der Waals surface area contributed by atoms with Crippen molar-refractivity contribution < 1.29 is 17.9 Å². The lowest BCUT2D eigenvalue weighted by atomic mass is 10.1. The maximum Gasteiger partial charge on any atom is 0.246 e. The molecule has 0 saturated heterocycles. The van der Waals surface area contributed by atoms with Crippen molar-refractivity contribution in [3.63, 3.8) is 0 Å². The third-order valence-electron chi connectivity index (χ3n) is 4.48. The van der Waals surface area contributed by atoms with E-state index in [4.69, 9.17) is 4.74 Å². The predicted molar refractivity (Wildman–Crippen MR) is 112 cm³/mol. The number of methoxy groups -OCH3 is 1. The van der Waals surface area contributed by atoms with Crippen LogP contribution in [0.15, 0.2) is 42.5 Å². The second-order valence-electron chi connectivity index (χ2n) is 7.12. The fourth-order valence-corrected chi connectivity index (χ4v) is 4.44. The zero-order chi connectivity index (χ0) is 21.1. The number of likely N-dealkylation sites (N-methyl/N-ethyl adjacent to an activating group) is 1. The molecule has 0 spiro atoms. The molecule has 0 aliphatic heterocycles. The molecule has 1 atom stereocenters. The Bertz CT molecular complexity index is 919. The molecule has 152 valence electrons. The highest BCUT2D eigenvalue weighted by Crippen LogP contribution is 2.25. The Labute approximate surface area is 167 Å². The van der Waals surface area contributed by atoms with Gasteiger partial charge in [-0.05, 0) is 61.7 Å². The van der Waals surface area contributed by atoms with Crippen LogP contribution in [0.4, 0.5) is 5.69 Å². The van der Waals surface area contributed by atoms with Gasteiger partial charge in [0.05, 0.1) is 19.1 Å². The molecule has 0 heterocycles. The van der Waals surface area contributed by atoms with E-state index in [9.17, 15) is 13.2 Å². The van der Waals surface area contributed by atoms with Crippen LogP contribution in [0, 0.1) is 13.8 Å². The first-order chi connectivity index (χ1) is 13.0. The highest BCUT2D eigenvalue weighted by molar-refractivity contribution is 7.92. The number of sulfonamides is 1. The van der Waals surface area contributed by atoms with E-state index >= 15 is 0 Å². The summed E-state index contributed by atoms with van der Waals surface area (Å²) < 4.78 is 31.3. The van der Waals surface area contributed by atoms with E-state index in [1.807, 2.05) is 44.2 Å². The zero-order valence-corrected chi connectivity index (χ0v) is 18.1. The molecule has 28 heavy (non-hydrogen) atoms. The number of nitrogens with zero attached hydrogens (tertiary/aromatic N) is 2. The first-order valence-electron chi connectivity index (χ1n) is 8.98. The monoisotopic (exact) mass is 404 g/mol. The van der Waals surface area contributed by atoms with Crippen LogP contribution in [-0.4, -0.2) is 45.7 Å². The maximum atomic E-state index is 13.0. The lowest BCUT2D eigenvalue weighted by molar-refractivity contribution is -0.131. The van der Waals surface area contributed by atoms with E-state index in [1.165, 1.54) is 9.21 Å². The number of anilines is 1. The van der Waals surface area contributed by atoms with Gasteiger partial charge in [0.1, 0.15) is 11.8 Å². The minimum atomic E-state index is -3.64. The Kier molecular flexibility index (Phi) is 6.72. The van der Waals surface area contributed by atoms with Crippen molar-refractivity contribution in [3.8, 4) is 5.75 Å². The van der Waals surface area contributed by atoms with Crippen LogP contribution in [0.1, 0.15) is 23.6 Å². The van der Waals surface area contributed by atoms with Crippen LogP contribution in [0.2, 0.25) is 0 Å². The van der Waals surface area contributed by atoms with Crippen LogP contribution in [0.25, 0.3) is 0 Å². The van der Waals surface area contributed by atoms with Gasteiger partial charge < -0.3 is 9.64 Å². The first-order valence-corrected chi connectivity index (χ1v) is 10.8. The van der Waals surface area contributed by atoms with E-state index < -0.39 is 16.1 Å². The number of hydrogen-bond acceptors (Lipinski definition) is 4. The molecule has 1 amide bonds. The Morgan fingerprint density at radius 3 is 2.07 bits per heavy atom. The van der Waals surface area contributed by atoms with Crippen molar-refractivity contribution in [2.75, 3.05) is 24.7 Å². The molecule has 0 aromatic heterocycles. The van der Waals surface area contributed by atoms with Crippen molar-refractivity contribution in [1.82, 2.24) is 4.90 Å². The number of hydrogen-bond donors (Lipinski definition) is 0. The normalized spacial score (nSPS) is 12.4. The van der Waals surface area contributed by atoms with E-state index in [1.54, 1.807) is 33.2 Å². The van der Waals surface area contributed by atoms with Crippen molar-refractivity contribution in [2.24, 2.45) is 0 Å². The smallest absolute Gasteiger partial charge is 0.246 e. The molecular formula is C21H28N2O4S. The summed E-state index contributed by atoms with van der Waals surface area (Å²) >= 11 is 0. The summed E-state index contributed by atoms with van der Waals surface area (Å²) in [4.78, 5) is 14.5. The Morgan fingerprint density at radius 1 is 1.07 bits per heavy atom. The van der Waals surface area contributed by atoms with Gasteiger partial charge in [0.25, 0.3) is 0 Å². The highest BCUT2D eigenvalue weighted by Gasteiger charge is 2.31. The summed E-state index contributed by atoms with van der Waals surface area (Å²) in [5, 5.41) is 0. The van der Waals surface area contributed by atoms with Gasteiger partial charge in [-0.3, -0.25) is 9.10 Å². The largest absolute Gasteiger partial charge is 0.497 e. The van der Waals surface area contributed by atoms with E-state index in [0.29, 0.717) is 12.2 Å². The van der Waals surface area contributed by atoms with Gasteiger partial charge in [-0.1, -0.05) is 18.2 Å². The number of benzene rings is 2. The average Bonchev–Trinajstić information content (AvgIpc) is 2.59. The molecule has 0 N–H and O–H groups in total. The molecule has 0 unspecified atom stereocenters. The van der Waals surface area contributed by atoms with Crippen molar-refractivity contribution in [2.45, 2.75) is 33.4 Å². The van der Waals surface area contributed by atoms with Crippen LogP contribution in [0.3, 0.4) is 0 Å². The van der Waals surface area contributed by atoms with Crippen molar-refractivity contribution in [1.29, 1.82) is 0 Å². The van der Waals surface area contributed by atoms with Crippen LogP contribution in [-0.2, 0) is 21.4 Å². The summed E-state index contributed by atoms with van der Waals surface area (Å²) in [5.74, 6) is 0.463. The molecule has 0 aliphatic carbocycles. The standard InChI is InChI=1S/C21H28N2O4S/c1-15-11-16(2)13-19(12-15)23(28(6,25)26)17(3)21(24)22(4)14-18-7-9-20(27-5)10-8-18/h7-13,17H,14H2,1-6H3/t17-/m0/s1. The van der Waals surface area contributed by atoms with Crippen molar-refractivity contribution in [3.05, 3.63) is 59.2 Å². The molecule has 6 nitrogen and oxygen atoms in total. The lowest BCUT2D eigenvalue weighted by Crippen LogP contribution is -2.48. The quantitative estimate of drug-likeness (QED) is 0.711. The number of ether oxygens (including phenoxy) is 1. The third kappa shape index (κ3) is 5.25. The zero-order valence-electron chi connectivity index (χ0n) is 17.3. The molecule has 2 aromatic carbocycles. The maximum absolute atomic E-state index is 13.0. The fraction of sp³-hybridized carbons (Fsp3) is 0.381. The fourth-order valence-electron chi connectivity index (χ4n) is 3.28. The molecular weight excluding hydrogens is 376 g/mol. The molecule has 2 rings (SSSR count). The third-order valence-corrected chi connectivity index (χ3v) is 5.72. The second-order valence-corrected chi connectivity index (χ2v) is 8.98. The number of carbonyl (C=O) groups excluding carboxylic acids is 1. The predicted octanol–water partition coefficient (Wildman–Crippen LogP) is 3.13. The Morgan fingerprint density at radius 2 is 1.61 bits per heavy atom. The van der Waals surface area contributed by atoms with E-state index in [-0.39, 0.29) is 5.91 Å². The summed E-state index contributed by atoms with van der Waals surface area (Å²) in [6.07, 6.45) is 1.12. The van der Waals surface area contributed by atoms with Crippen LogP contribution >= 0.6 is 0 Å². The number of rotatable bonds is 7. The Hall–Kier alpha value is -2.54. The van der Waals surface area contributed by atoms with Gasteiger partial charge in [0.15, 0.2) is 0 Å². The highest BCUT2D eigenvalue weighted by atomic mass is 32.2. The second kappa shape index (κ2) is 8.65. The molecule has 0 bridgehead atoms. The number of aryl methyl sites for hydroxylation is 2. The molecule has 7 heteroatoms. The lowest BCUT2D eigenvalue weighted by Gasteiger charge is -2.31. The molecule has 0 fully saturated rings. The minimum absolute atomic E-state index is 0.277. The van der Waals surface area contributed by atoms with Crippen LogP contribution < -0.4 is 9.04 Å². The summed E-state index contributed by atoms with van der Waals surface area (Å²) in [5.41, 5.74) is 3.31. The van der Waals surface area contributed by atoms with Gasteiger partial charge in [-0.15, -0.1) is 0 Å². The SMILES string of the molecule is COc1ccc(CN(C)C(=O)[C@H](C)N(c2cc(C)cc(C)c2)S(C)(=O)=O)cc1. The average molecular weight is 405 g/mol. The Balaban J connectivity index is 2.27. The number of carbonyl (C=O) groups is 1. The van der Waals surface area contributed by atoms with Crippen LogP contribution in [0.5, 0.6) is 5.75 Å².